The highest BCUT2D eigenvalue weighted by molar-refractivity contribution is 4.68. The van der Waals surface area contributed by atoms with Crippen molar-refractivity contribution in [3.8, 4) is 0 Å². The normalized spacial score (nSPS) is 23.9. The van der Waals surface area contributed by atoms with Crippen LogP contribution in [0.1, 0.15) is 32.1 Å². The summed E-state index contributed by atoms with van der Waals surface area (Å²) < 4.78 is 11.1. The van der Waals surface area contributed by atoms with Crippen LogP contribution in [0.4, 0.5) is 0 Å². The Morgan fingerprint density at radius 2 is 1.95 bits per heavy atom. The Morgan fingerprint density at radius 1 is 1.20 bits per heavy atom. The predicted molar refractivity (Wildman–Crippen MR) is 79.0 cm³/mol. The smallest absolute Gasteiger partial charge is 0.0897 e. The van der Waals surface area contributed by atoms with E-state index >= 15 is 0 Å². The third kappa shape index (κ3) is 6.50. The molecule has 0 amide bonds. The van der Waals surface area contributed by atoms with Crippen LogP contribution in [0.15, 0.2) is 0 Å². The first-order valence-electron chi connectivity index (χ1n) is 8.15. The zero-order valence-corrected chi connectivity index (χ0v) is 12.6. The summed E-state index contributed by atoms with van der Waals surface area (Å²) in [4.78, 5) is 2.39. The molecule has 0 spiro atoms. The van der Waals surface area contributed by atoms with E-state index in [9.17, 15) is 5.11 Å². The summed E-state index contributed by atoms with van der Waals surface area (Å²) in [6, 6.07) is 0. The van der Waals surface area contributed by atoms with Gasteiger partial charge in [-0.05, 0) is 12.8 Å². The topological polar surface area (TPSA) is 54.0 Å². The van der Waals surface area contributed by atoms with Crippen LogP contribution in [0.25, 0.3) is 0 Å². The molecule has 0 aromatic rings. The van der Waals surface area contributed by atoms with Crippen molar-refractivity contribution in [3.63, 3.8) is 0 Å². The molecule has 2 aliphatic rings. The Bertz CT molecular complexity index is 241. The van der Waals surface area contributed by atoms with E-state index in [-0.39, 0.29) is 6.10 Å². The van der Waals surface area contributed by atoms with Gasteiger partial charge in [0.05, 0.1) is 32.0 Å². The molecular formula is C15H30N2O3. The molecule has 1 atom stereocenters. The molecule has 1 saturated carbocycles. The van der Waals surface area contributed by atoms with E-state index in [2.05, 4.69) is 10.2 Å². The minimum absolute atomic E-state index is 0.381. The average Bonchev–Trinajstić information content (AvgIpc) is 2.52. The van der Waals surface area contributed by atoms with Crippen LogP contribution >= 0.6 is 0 Å². The second kappa shape index (κ2) is 9.68. The van der Waals surface area contributed by atoms with E-state index in [1.807, 2.05) is 0 Å². The van der Waals surface area contributed by atoms with Crippen molar-refractivity contribution in [1.82, 2.24) is 10.2 Å². The van der Waals surface area contributed by atoms with E-state index in [4.69, 9.17) is 9.47 Å². The van der Waals surface area contributed by atoms with Gasteiger partial charge in [0.25, 0.3) is 0 Å². The molecule has 5 nitrogen and oxygen atoms in total. The first kappa shape index (κ1) is 16.2. The van der Waals surface area contributed by atoms with Gasteiger partial charge in [0.1, 0.15) is 0 Å². The van der Waals surface area contributed by atoms with Gasteiger partial charge in [-0.1, -0.05) is 19.3 Å². The molecule has 5 heteroatoms. The van der Waals surface area contributed by atoms with Crippen LogP contribution in [0.2, 0.25) is 0 Å². The number of aliphatic hydroxyl groups excluding tert-OH is 1. The van der Waals surface area contributed by atoms with E-state index in [0.717, 1.165) is 52.2 Å². The van der Waals surface area contributed by atoms with Crippen LogP contribution in [-0.4, -0.2) is 74.8 Å². The van der Waals surface area contributed by atoms with Crippen molar-refractivity contribution in [3.05, 3.63) is 0 Å². The van der Waals surface area contributed by atoms with Crippen LogP contribution in [0.5, 0.6) is 0 Å². The molecule has 0 radical (unpaired) electrons. The van der Waals surface area contributed by atoms with Gasteiger partial charge in [-0.25, -0.2) is 0 Å². The lowest BCUT2D eigenvalue weighted by molar-refractivity contribution is -0.0232. The summed E-state index contributed by atoms with van der Waals surface area (Å²) in [7, 11) is 0. The Morgan fingerprint density at radius 3 is 2.70 bits per heavy atom. The Balaban J connectivity index is 1.44. The van der Waals surface area contributed by atoms with E-state index in [1.54, 1.807) is 0 Å². The summed E-state index contributed by atoms with van der Waals surface area (Å²) in [6.45, 7) is 6.77. The highest BCUT2D eigenvalue weighted by Gasteiger charge is 2.15. The Labute approximate surface area is 122 Å². The number of ether oxygens (including phenoxy) is 2. The number of hydrogen-bond donors (Lipinski definition) is 2. The lowest BCUT2D eigenvalue weighted by atomic mass is 9.98. The quantitative estimate of drug-likeness (QED) is 0.641. The third-order valence-corrected chi connectivity index (χ3v) is 4.16. The molecule has 2 fully saturated rings. The van der Waals surface area contributed by atoms with Gasteiger partial charge in [0.2, 0.25) is 0 Å². The van der Waals surface area contributed by atoms with E-state index in [0.29, 0.717) is 19.3 Å². The van der Waals surface area contributed by atoms with Crippen LogP contribution in [-0.2, 0) is 9.47 Å². The van der Waals surface area contributed by atoms with Crippen molar-refractivity contribution in [2.24, 2.45) is 0 Å². The van der Waals surface area contributed by atoms with Crippen molar-refractivity contribution in [2.45, 2.75) is 44.3 Å². The average molecular weight is 286 g/mol. The molecule has 0 aromatic heterocycles. The monoisotopic (exact) mass is 286 g/mol. The molecular weight excluding hydrogens is 256 g/mol. The fourth-order valence-corrected chi connectivity index (χ4v) is 2.87. The molecule has 0 aromatic carbocycles. The SMILES string of the molecule is OC(CNCCN1CCOCC1)COC1CCCCC1. The maximum Gasteiger partial charge on any atom is 0.0897 e. The standard InChI is InChI=1S/C15H30N2O3/c18-14(13-20-15-4-2-1-3-5-15)12-16-6-7-17-8-10-19-11-9-17/h14-16,18H,1-13H2. The molecule has 118 valence electrons. The van der Waals surface area contributed by atoms with Gasteiger partial charge in [-0.2, -0.15) is 0 Å². The van der Waals surface area contributed by atoms with E-state index in [1.165, 1.54) is 19.3 Å². The van der Waals surface area contributed by atoms with Crippen molar-refractivity contribution in [1.29, 1.82) is 0 Å². The fraction of sp³-hybridized carbons (Fsp3) is 1.00. The Hall–Kier alpha value is -0.200. The predicted octanol–water partition coefficient (Wildman–Crippen LogP) is 0.618. The number of rotatable bonds is 8. The summed E-state index contributed by atoms with van der Waals surface area (Å²) in [5.41, 5.74) is 0. The molecule has 1 saturated heterocycles. The molecule has 0 bridgehead atoms. The van der Waals surface area contributed by atoms with E-state index < -0.39 is 0 Å². The maximum absolute atomic E-state index is 9.90. The summed E-state index contributed by atoms with van der Waals surface area (Å²) in [6.07, 6.45) is 6.21. The summed E-state index contributed by atoms with van der Waals surface area (Å²) in [5, 5.41) is 13.2. The van der Waals surface area contributed by atoms with Gasteiger partial charge in [0, 0.05) is 32.7 Å². The van der Waals surface area contributed by atoms with Crippen LogP contribution < -0.4 is 5.32 Å². The number of morpholine rings is 1. The third-order valence-electron chi connectivity index (χ3n) is 4.16. The molecule has 2 rings (SSSR count). The van der Waals surface area contributed by atoms with Crippen molar-refractivity contribution in [2.75, 3.05) is 52.5 Å². The lowest BCUT2D eigenvalue weighted by Crippen LogP contribution is -2.42. The highest BCUT2D eigenvalue weighted by atomic mass is 16.5. The van der Waals surface area contributed by atoms with Gasteiger partial charge in [-0.3, -0.25) is 4.90 Å². The molecule has 2 N–H and O–H groups in total. The Kier molecular flexibility index (Phi) is 7.83. The number of nitrogens with zero attached hydrogens (tertiary/aromatic N) is 1. The van der Waals surface area contributed by atoms with Gasteiger partial charge < -0.3 is 19.9 Å². The van der Waals surface area contributed by atoms with Gasteiger partial charge in [-0.15, -0.1) is 0 Å². The minimum Gasteiger partial charge on any atom is -0.389 e. The zero-order chi connectivity index (χ0) is 14.0. The fourth-order valence-electron chi connectivity index (χ4n) is 2.87. The number of nitrogens with one attached hydrogen (secondary N) is 1. The van der Waals surface area contributed by atoms with Gasteiger partial charge in [0.15, 0.2) is 0 Å². The van der Waals surface area contributed by atoms with Crippen molar-refractivity contribution >= 4 is 0 Å². The second-order valence-electron chi connectivity index (χ2n) is 5.91. The molecule has 1 aliphatic carbocycles. The van der Waals surface area contributed by atoms with Crippen molar-refractivity contribution < 1.29 is 14.6 Å². The zero-order valence-electron chi connectivity index (χ0n) is 12.6. The second-order valence-corrected chi connectivity index (χ2v) is 5.91. The number of hydrogen-bond acceptors (Lipinski definition) is 5. The molecule has 1 heterocycles. The highest BCUT2D eigenvalue weighted by Crippen LogP contribution is 2.20. The largest absolute Gasteiger partial charge is 0.389 e. The first-order chi connectivity index (χ1) is 9.84. The number of aliphatic hydroxyl groups is 1. The maximum atomic E-state index is 9.90. The first-order valence-corrected chi connectivity index (χ1v) is 8.15. The van der Waals surface area contributed by atoms with Crippen LogP contribution in [0.3, 0.4) is 0 Å². The summed E-state index contributed by atoms with van der Waals surface area (Å²) >= 11 is 0. The molecule has 1 aliphatic heterocycles. The lowest BCUT2D eigenvalue weighted by Gasteiger charge is -2.27. The molecule has 1 unspecified atom stereocenters. The molecule has 20 heavy (non-hydrogen) atoms. The van der Waals surface area contributed by atoms with Gasteiger partial charge >= 0.3 is 0 Å². The summed E-state index contributed by atoms with van der Waals surface area (Å²) in [5.74, 6) is 0. The minimum atomic E-state index is -0.387. The van der Waals surface area contributed by atoms with Crippen LogP contribution in [0, 0.1) is 0 Å².